The molecule has 0 saturated carbocycles. The van der Waals surface area contributed by atoms with E-state index in [1.165, 1.54) is 16.3 Å². The number of carboxylic acid groups (broad SMARTS) is 1. The average Bonchev–Trinajstić information content (AvgIpc) is 2.90. The van der Waals surface area contributed by atoms with Crippen LogP contribution in [0, 0.1) is 6.92 Å². The van der Waals surface area contributed by atoms with Gasteiger partial charge in [0.2, 0.25) is 0 Å². The lowest BCUT2D eigenvalue weighted by atomic mass is 9.93. The maximum absolute atomic E-state index is 11.4. The van der Waals surface area contributed by atoms with Crippen LogP contribution in [0.5, 0.6) is 0 Å². The lowest BCUT2D eigenvalue weighted by molar-refractivity contribution is -0.00397. The number of rotatable bonds is 11. The molecule has 0 bridgehead atoms. The van der Waals surface area contributed by atoms with Crippen molar-refractivity contribution >= 4 is 16.7 Å². The summed E-state index contributed by atoms with van der Waals surface area (Å²) in [5, 5.41) is 26.0. The maximum atomic E-state index is 11.4. The zero-order valence-corrected chi connectivity index (χ0v) is 22.6. The molecule has 38 heavy (non-hydrogen) atoms. The second-order valence-electron chi connectivity index (χ2n) is 10.7. The Bertz CT molecular complexity index is 1410. The van der Waals surface area contributed by atoms with Gasteiger partial charge in [-0.1, -0.05) is 78.9 Å². The number of benzene rings is 4. The van der Waals surface area contributed by atoms with Crippen molar-refractivity contribution in [2.45, 2.75) is 51.9 Å². The molecule has 5 heteroatoms. The molecule has 4 rings (SSSR count). The van der Waals surface area contributed by atoms with E-state index in [1.807, 2.05) is 43.3 Å². The predicted molar refractivity (Wildman–Crippen MR) is 154 cm³/mol. The fourth-order valence-corrected chi connectivity index (χ4v) is 4.91. The minimum Gasteiger partial charge on any atom is -0.478 e. The molecule has 4 aromatic carbocycles. The summed E-state index contributed by atoms with van der Waals surface area (Å²) in [4.78, 5) is 11.4. The number of fused-ring (bicyclic) bond motifs is 1. The van der Waals surface area contributed by atoms with Gasteiger partial charge in [-0.2, -0.15) is 0 Å². The Kier molecular flexibility index (Phi) is 8.62. The molecular formula is C33H37NO4. The number of ether oxygens (including phenoxy) is 1. The summed E-state index contributed by atoms with van der Waals surface area (Å²) in [5.74, 6) is -0.929. The molecule has 0 heterocycles. The van der Waals surface area contributed by atoms with Crippen molar-refractivity contribution in [2.24, 2.45) is 0 Å². The normalized spacial score (nSPS) is 13.4. The van der Waals surface area contributed by atoms with E-state index in [-0.39, 0.29) is 18.2 Å². The van der Waals surface area contributed by atoms with Crippen LogP contribution in [0.1, 0.15) is 53.9 Å². The summed E-state index contributed by atoms with van der Waals surface area (Å²) in [7, 11) is 0. The van der Waals surface area contributed by atoms with E-state index in [0.717, 1.165) is 23.1 Å². The summed E-state index contributed by atoms with van der Waals surface area (Å²) in [6.45, 7) is 8.69. The van der Waals surface area contributed by atoms with Gasteiger partial charge in [0.05, 0.1) is 24.4 Å². The highest BCUT2D eigenvalue weighted by Crippen LogP contribution is 2.31. The molecule has 0 amide bonds. The van der Waals surface area contributed by atoms with Crippen molar-refractivity contribution < 1.29 is 19.7 Å². The van der Waals surface area contributed by atoms with Crippen LogP contribution in [-0.2, 0) is 11.2 Å². The standard InChI is InChI=1S/C33H37NO4/c1-22-17-27(15-16-29(22)32(36)37)31-12-8-7-11-30(31)23(2)38-21-28(35)20-34-33(3,4)19-24-13-14-25-9-5-6-10-26(25)18-24/h5-18,23,28,34-35H,19-21H2,1-4H3,(H,36,37)/t23?,28-/m1/s1. The molecule has 1 unspecified atom stereocenters. The molecule has 2 atom stereocenters. The average molecular weight is 512 g/mol. The topological polar surface area (TPSA) is 78.8 Å². The van der Waals surface area contributed by atoms with Crippen LogP contribution in [0.2, 0.25) is 0 Å². The summed E-state index contributed by atoms with van der Waals surface area (Å²) >= 11 is 0. The van der Waals surface area contributed by atoms with Crippen molar-refractivity contribution in [3.05, 3.63) is 107 Å². The number of aromatic carboxylic acids is 1. The first-order valence-electron chi connectivity index (χ1n) is 13.1. The van der Waals surface area contributed by atoms with Crippen LogP contribution >= 0.6 is 0 Å². The number of aryl methyl sites for hydroxylation is 1. The van der Waals surface area contributed by atoms with E-state index in [0.29, 0.717) is 17.7 Å². The Morgan fingerprint density at radius 3 is 2.39 bits per heavy atom. The van der Waals surface area contributed by atoms with Crippen LogP contribution in [-0.4, -0.2) is 41.0 Å². The lowest BCUT2D eigenvalue weighted by Crippen LogP contribution is -2.46. The molecule has 0 aliphatic heterocycles. The van der Waals surface area contributed by atoms with Crippen LogP contribution in [0.4, 0.5) is 0 Å². The molecule has 198 valence electrons. The summed E-state index contributed by atoms with van der Waals surface area (Å²) in [6, 6.07) is 28.2. The smallest absolute Gasteiger partial charge is 0.335 e. The first-order valence-corrected chi connectivity index (χ1v) is 13.1. The molecule has 4 aromatic rings. The third-order valence-electron chi connectivity index (χ3n) is 6.98. The Labute approximate surface area is 225 Å². The van der Waals surface area contributed by atoms with Gasteiger partial charge in [-0.15, -0.1) is 0 Å². The highest BCUT2D eigenvalue weighted by Gasteiger charge is 2.21. The maximum Gasteiger partial charge on any atom is 0.335 e. The fraction of sp³-hybridized carbons (Fsp3) is 0.303. The number of β-amino-alcohol motifs (C(OH)–C–C–N with tert-alkyl or cyclic N) is 1. The zero-order chi connectivity index (χ0) is 27.3. The van der Waals surface area contributed by atoms with E-state index in [2.05, 4.69) is 61.6 Å². The van der Waals surface area contributed by atoms with Gasteiger partial charge in [0.15, 0.2) is 0 Å². The zero-order valence-electron chi connectivity index (χ0n) is 22.6. The van der Waals surface area contributed by atoms with Crippen LogP contribution in [0.3, 0.4) is 0 Å². The molecular weight excluding hydrogens is 474 g/mol. The lowest BCUT2D eigenvalue weighted by Gasteiger charge is -2.28. The van der Waals surface area contributed by atoms with E-state index >= 15 is 0 Å². The van der Waals surface area contributed by atoms with Gasteiger partial charge >= 0.3 is 5.97 Å². The molecule has 5 nitrogen and oxygen atoms in total. The minimum atomic E-state index is -0.929. The molecule has 0 fully saturated rings. The van der Waals surface area contributed by atoms with Crippen molar-refractivity contribution in [3.8, 4) is 11.1 Å². The molecule has 3 N–H and O–H groups in total. The van der Waals surface area contributed by atoms with Gasteiger partial charge in [-0.05, 0) is 78.8 Å². The molecule has 0 spiro atoms. The van der Waals surface area contributed by atoms with Gasteiger partial charge in [0, 0.05) is 12.1 Å². The van der Waals surface area contributed by atoms with Gasteiger partial charge < -0.3 is 20.3 Å². The van der Waals surface area contributed by atoms with Gasteiger partial charge in [-0.25, -0.2) is 4.79 Å². The fourth-order valence-electron chi connectivity index (χ4n) is 4.91. The summed E-state index contributed by atoms with van der Waals surface area (Å²) < 4.78 is 6.09. The second-order valence-corrected chi connectivity index (χ2v) is 10.7. The van der Waals surface area contributed by atoms with E-state index < -0.39 is 12.1 Å². The third kappa shape index (κ3) is 6.87. The molecule has 0 aromatic heterocycles. The van der Waals surface area contributed by atoms with Gasteiger partial charge in [0.1, 0.15) is 0 Å². The Hall–Kier alpha value is -3.51. The van der Waals surface area contributed by atoms with E-state index in [4.69, 9.17) is 4.74 Å². The number of aliphatic hydroxyl groups excluding tert-OH is 1. The highest BCUT2D eigenvalue weighted by atomic mass is 16.5. The van der Waals surface area contributed by atoms with Crippen molar-refractivity contribution in [3.63, 3.8) is 0 Å². The van der Waals surface area contributed by atoms with Gasteiger partial charge in [0.25, 0.3) is 0 Å². The molecule has 0 aliphatic carbocycles. The first-order chi connectivity index (χ1) is 18.1. The SMILES string of the molecule is Cc1cc(-c2ccccc2C(C)OC[C@H](O)CNC(C)(C)Cc2ccc3ccccc3c2)ccc1C(=O)O. The predicted octanol–water partition coefficient (Wildman–Crippen LogP) is 6.56. The first kappa shape index (κ1) is 27.5. The van der Waals surface area contributed by atoms with Crippen molar-refractivity contribution in [1.82, 2.24) is 5.32 Å². The molecule has 0 radical (unpaired) electrons. The summed E-state index contributed by atoms with van der Waals surface area (Å²) in [5.41, 5.74) is 5.00. The van der Waals surface area contributed by atoms with Crippen LogP contribution in [0.25, 0.3) is 21.9 Å². The number of carbonyl (C=O) groups is 1. The third-order valence-corrected chi connectivity index (χ3v) is 6.98. The number of hydrogen-bond donors (Lipinski definition) is 3. The van der Waals surface area contributed by atoms with Crippen LogP contribution in [0.15, 0.2) is 84.9 Å². The highest BCUT2D eigenvalue weighted by molar-refractivity contribution is 5.90. The monoisotopic (exact) mass is 511 g/mol. The van der Waals surface area contributed by atoms with Crippen LogP contribution < -0.4 is 5.32 Å². The summed E-state index contributed by atoms with van der Waals surface area (Å²) in [6.07, 6.45) is -0.0570. The van der Waals surface area contributed by atoms with E-state index in [9.17, 15) is 15.0 Å². The molecule has 0 saturated heterocycles. The quantitative estimate of drug-likeness (QED) is 0.212. The Morgan fingerprint density at radius 2 is 1.66 bits per heavy atom. The largest absolute Gasteiger partial charge is 0.478 e. The van der Waals surface area contributed by atoms with Crippen molar-refractivity contribution in [1.29, 1.82) is 0 Å². The number of carboxylic acids is 1. The molecule has 0 aliphatic rings. The van der Waals surface area contributed by atoms with Gasteiger partial charge in [-0.3, -0.25) is 0 Å². The van der Waals surface area contributed by atoms with Crippen molar-refractivity contribution in [2.75, 3.05) is 13.2 Å². The minimum absolute atomic E-state index is 0.193. The number of nitrogens with one attached hydrogen (secondary N) is 1. The number of hydrogen-bond acceptors (Lipinski definition) is 4. The number of aliphatic hydroxyl groups is 1. The second kappa shape index (κ2) is 11.9. The van der Waals surface area contributed by atoms with E-state index in [1.54, 1.807) is 13.0 Å². The Morgan fingerprint density at radius 1 is 0.947 bits per heavy atom. The Balaban J connectivity index is 1.34.